The van der Waals surface area contributed by atoms with Gasteiger partial charge in [-0.25, -0.2) is 4.79 Å². The van der Waals surface area contributed by atoms with Gasteiger partial charge in [0.25, 0.3) is 6.47 Å². The highest BCUT2D eigenvalue weighted by Crippen LogP contribution is 2.23. The summed E-state index contributed by atoms with van der Waals surface area (Å²) in [4.78, 5) is 20.9. The minimum absolute atomic E-state index is 0.197. The lowest BCUT2D eigenvalue weighted by Gasteiger charge is -2.13. The molecule has 6 heteroatoms. The summed E-state index contributed by atoms with van der Waals surface area (Å²) in [5.74, 6) is -0.0237. The molecule has 0 fully saturated rings. The number of carbonyl (C=O) groups excluding carboxylic acids is 1. The van der Waals surface area contributed by atoms with Crippen LogP contribution in [-0.4, -0.2) is 19.7 Å². The Kier molecular flexibility index (Phi) is 4.78. The molecule has 16 heavy (non-hydrogen) atoms. The summed E-state index contributed by atoms with van der Waals surface area (Å²) in [6, 6.07) is 0. The zero-order chi connectivity index (χ0) is 12.0. The molecular weight excluding hydrogens is 216 g/mol. The summed E-state index contributed by atoms with van der Waals surface area (Å²) in [6.07, 6.45) is -0.0213. The molecule has 1 rings (SSSR count). The van der Waals surface area contributed by atoms with Crippen LogP contribution in [0.25, 0.3) is 0 Å². The molecule has 0 aromatic carbocycles. The summed E-state index contributed by atoms with van der Waals surface area (Å²) < 4.78 is 19.6. The van der Waals surface area contributed by atoms with Crippen LogP contribution in [0.2, 0.25) is 0 Å². The highest BCUT2D eigenvalue weighted by molar-refractivity contribution is 5.36. The molecule has 0 aliphatic carbocycles. The first-order chi connectivity index (χ1) is 7.69. The third kappa shape index (κ3) is 3.23. The minimum atomic E-state index is -0.756. The van der Waals surface area contributed by atoms with E-state index in [1.807, 2.05) is 6.92 Å². The van der Waals surface area contributed by atoms with Crippen molar-refractivity contribution in [3.05, 3.63) is 22.1 Å². The van der Waals surface area contributed by atoms with Crippen LogP contribution in [0.5, 0.6) is 0 Å². The van der Waals surface area contributed by atoms with Crippen molar-refractivity contribution in [1.29, 1.82) is 0 Å². The average molecular weight is 230 g/mol. The van der Waals surface area contributed by atoms with Crippen LogP contribution in [-0.2, 0) is 14.3 Å². The fourth-order valence-corrected chi connectivity index (χ4v) is 1.36. The first-order valence-corrected chi connectivity index (χ1v) is 4.96. The van der Waals surface area contributed by atoms with Crippen molar-refractivity contribution < 1.29 is 23.1 Å². The zero-order valence-electron chi connectivity index (χ0n) is 9.23. The molecule has 0 aliphatic heterocycles. The maximum atomic E-state index is 10.9. The number of ether oxygens (including phenoxy) is 2. The van der Waals surface area contributed by atoms with Crippen molar-refractivity contribution in [2.45, 2.75) is 26.4 Å². The van der Waals surface area contributed by atoms with Crippen LogP contribution < -0.4 is 5.82 Å². The molecule has 1 unspecified atom stereocenters. The molecule has 0 saturated heterocycles. The molecule has 1 aromatic heterocycles. The predicted octanol–water partition coefficient (Wildman–Crippen LogP) is 1.18. The molecule has 1 heterocycles. The van der Waals surface area contributed by atoms with Gasteiger partial charge in [0.15, 0.2) is 5.76 Å². The van der Waals surface area contributed by atoms with E-state index < -0.39 is 11.9 Å². The molecule has 0 bridgehead atoms. The van der Waals surface area contributed by atoms with E-state index in [2.05, 4.69) is 4.74 Å². The van der Waals surface area contributed by atoms with Gasteiger partial charge in [-0.3, -0.25) is 4.79 Å². The van der Waals surface area contributed by atoms with E-state index in [4.69, 9.17) is 13.6 Å². The highest BCUT2D eigenvalue weighted by Gasteiger charge is 2.21. The van der Waals surface area contributed by atoms with E-state index in [0.29, 0.717) is 31.0 Å². The Morgan fingerprint density at radius 3 is 2.69 bits per heavy atom. The van der Waals surface area contributed by atoms with Crippen LogP contribution >= 0.6 is 0 Å². The van der Waals surface area contributed by atoms with Crippen LogP contribution in [0.3, 0.4) is 0 Å². The molecule has 0 amide bonds. The largest absolute Gasteiger partial charge is 0.519 e. The van der Waals surface area contributed by atoms with Crippen molar-refractivity contribution >= 4 is 6.47 Å². The molecule has 0 N–H and O–H groups in total. The number of aryl methyl sites for hydroxylation is 1. The second kappa shape index (κ2) is 6.12. The Labute approximate surface area is 92.1 Å². The molecule has 0 aliphatic rings. The maximum Gasteiger partial charge on any atom is 0.519 e. The Hall–Kier alpha value is -1.56. The van der Waals surface area contributed by atoms with Gasteiger partial charge >= 0.3 is 5.82 Å². The van der Waals surface area contributed by atoms with E-state index in [0.717, 1.165) is 0 Å². The standard InChI is InChI=1S/C10H14O6/c1-3-14-8(4-5-13-6-11)9-7(2)15-10(12)16-9/h6,8H,3-5H2,1-2H3. The topological polar surface area (TPSA) is 78.9 Å². The second-order valence-corrected chi connectivity index (χ2v) is 3.07. The van der Waals surface area contributed by atoms with E-state index in [-0.39, 0.29) is 6.61 Å². The van der Waals surface area contributed by atoms with Crippen LogP contribution in [0, 0.1) is 6.92 Å². The summed E-state index contributed by atoms with van der Waals surface area (Å²) in [7, 11) is 0. The normalized spacial score (nSPS) is 12.4. The number of hydrogen-bond donors (Lipinski definition) is 0. The van der Waals surface area contributed by atoms with Crippen molar-refractivity contribution in [2.75, 3.05) is 13.2 Å². The molecule has 90 valence electrons. The Bertz CT molecular complexity index is 377. The van der Waals surface area contributed by atoms with Crippen molar-refractivity contribution in [3.8, 4) is 0 Å². The Balaban J connectivity index is 2.72. The lowest BCUT2D eigenvalue weighted by molar-refractivity contribution is -0.129. The first-order valence-electron chi connectivity index (χ1n) is 4.96. The fraction of sp³-hybridized carbons (Fsp3) is 0.600. The number of carbonyl (C=O) groups is 1. The third-order valence-electron chi connectivity index (χ3n) is 2.00. The summed E-state index contributed by atoms with van der Waals surface area (Å²) in [5, 5.41) is 0. The van der Waals surface area contributed by atoms with E-state index in [9.17, 15) is 9.59 Å². The Morgan fingerprint density at radius 2 is 2.19 bits per heavy atom. The predicted molar refractivity (Wildman–Crippen MR) is 53.0 cm³/mol. The van der Waals surface area contributed by atoms with Gasteiger partial charge < -0.3 is 18.3 Å². The van der Waals surface area contributed by atoms with E-state index >= 15 is 0 Å². The van der Waals surface area contributed by atoms with Gasteiger partial charge in [-0.15, -0.1) is 0 Å². The van der Waals surface area contributed by atoms with E-state index in [1.54, 1.807) is 6.92 Å². The van der Waals surface area contributed by atoms with Gasteiger partial charge in [-0.2, -0.15) is 0 Å². The summed E-state index contributed by atoms with van der Waals surface area (Å²) >= 11 is 0. The van der Waals surface area contributed by atoms with Gasteiger partial charge in [0.05, 0.1) is 6.61 Å². The molecule has 1 atom stereocenters. The second-order valence-electron chi connectivity index (χ2n) is 3.07. The van der Waals surface area contributed by atoms with Crippen LogP contribution in [0.15, 0.2) is 13.6 Å². The van der Waals surface area contributed by atoms with Crippen molar-refractivity contribution in [2.24, 2.45) is 0 Å². The average Bonchev–Trinajstić information content (AvgIpc) is 2.57. The molecule has 0 saturated carbocycles. The highest BCUT2D eigenvalue weighted by atomic mass is 16.6. The van der Waals surface area contributed by atoms with E-state index in [1.165, 1.54) is 0 Å². The number of hydrogen-bond acceptors (Lipinski definition) is 6. The lowest BCUT2D eigenvalue weighted by Crippen LogP contribution is -2.08. The Morgan fingerprint density at radius 1 is 1.44 bits per heavy atom. The van der Waals surface area contributed by atoms with Gasteiger partial charge in [0.1, 0.15) is 11.9 Å². The van der Waals surface area contributed by atoms with Gasteiger partial charge in [0, 0.05) is 13.0 Å². The van der Waals surface area contributed by atoms with Crippen LogP contribution in [0.1, 0.15) is 31.0 Å². The quantitative estimate of drug-likeness (QED) is 0.517. The zero-order valence-corrected chi connectivity index (χ0v) is 9.23. The lowest BCUT2D eigenvalue weighted by atomic mass is 10.2. The minimum Gasteiger partial charge on any atom is -0.468 e. The van der Waals surface area contributed by atoms with Crippen molar-refractivity contribution in [3.63, 3.8) is 0 Å². The first kappa shape index (κ1) is 12.5. The summed E-state index contributed by atoms with van der Waals surface area (Å²) in [5.41, 5.74) is 0. The molecule has 0 spiro atoms. The van der Waals surface area contributed by atoms with Gasteiger partial charge in [-0.1, -0.05) is 0 Å². The molecule has 6 nitrogen and oxygen atoms in total. The maximum absolute atomic E-state index is 10.9. The SMILES string of the molecule is CCOC(CCOC=O)c1oc(=O)oc1C. The smallest absolute Gasteiger partial charge is 0.468 e. The molecule has 0 radical (unpaired) electrons. The number of rotatable bonds is 7. The molecule has 1 aromatic rings. The van der Waals surface area contributed by atoms with Crippen molar-refractivity contribution in [1.82, 2.24) is 0 Å². The molecular formula is C10H14O6. The monoisotopic (exact) mass is 230 g/mol. The van der Waals surface area contributed by atoms with Crippen LogP contribution in [0.4, 0.5) is 0 Å². The van der Waals surface area contributed by atoms with Gasteiger partial charge in [-0.05, 0) is 13.8 Å². The summed E-state index contributed by atoms with van der Waals surface area (Å²) in [6.45, 7) is 4.46. The third-order valence-corrected chi connectivity index (χ3v) is 2.00. The fourth-order valence-electron chi connectivity index (χ4n) is 1.36. The van der Waals surface area contributed by atoms with Gasteiger partial charge in [0.2, 0.25) is 0 Å².